The number of ether oxygens (including phenoxy) is 1. The predicted octanol–water partition coefficient (Wildman–Crippen LogP) is 5.15. The Morgan fingerprint density at radius 3 is 2.70 bits per heavy atom. The fraction of sp³-hybridized carbons (Fsp3) is 0.750. The van der Waals surface area contributed by atoms with Gasteiger partial charge in [-0.05, 0) is 74.7 Å². The van der Waals surface area contributed by atoms with E-state index in [4.69, 9.17) is 4.74 Å². The Hall–Kier alpha value is -1.38. The SMILES string of the molecule is CCC1CC2=C(CCC(=O)C2)[C@H]2CC[C@@]3(CC)[C@@H](CC[C@@]34C=CC(=O)O4)[C@H]12. The van der Waals surface area contributed by atoms with Crippen LogP contribution in [0.2, 0.25) is 0 Å². The van der Waals surface area contributed by atoms with Crippen LogP contribution in [0.3, 0.4) is 0 Å². The summed E-state index contributed by atoms with van der Waals surface area (Å²) >= 11 is 0. The Morgan fingerprint density at radius 2 is 2.00 bits per heavy atom. The van der Waals surface area contributed by atoms with Crippen LogP contribution in [0.4, 0.5) is 0 Å². The van der Waals surface area contributed by atoms with E-state index in [1.54, 1.807) is 11.6 Å². The molecule has 0 aromatic heterocycles. The van der Waals surface area contributed by atoms with Crippen LogP contribution in [-0.2, 0) is 14.3 Å². The molecule has 3 heteroatoms. The number of hydrogen-bond acceptors (Lipinski definition) is 3. The molecule has 0 N–H and O–H groups in total. The number of carbonyl (C=O) groups excluding carboxylic acids is 2. The van der Waals surface area contributed by atoms with Crippen LogP contribution in [0.5, 0.6) is 0 Å². The first-order chi connectivity index (χ1) is 13.0. The molecule has 3 nitrogen and oxygen atoms in total. The summed E-state index contributed by atoms with van der Waals surface area (Å²) in [5, 5.41) is 0. The maximum atomic E-state index is 12.1. The normalized spacial score (nSPS) is 45.7. The highest BCUT2D eigenvalue weighted by Gasteiger charge is 2.66. The summed E-state index contributed by atoms with van der Waals surface area (Å²) in [4.78, 5) is 24.1. The smallest absolute Gasteiger partial charge is 0.331 e. The van der Waals surface area contributed by atoms with Gasteiger partial charge in [0, 0.05) is 24.3 Å². The molecule has 1 aliphatic heterocycles. The Labute approximate surface area is 162 Å². The molecule has 2 saturated carbocycles. The van der Waals surface area contributed by atoms with Gasteiger partial charge < -0.3 is 4.74 Å². The summed E-state index contributed by atoms with van der Waals surface area (Å²) in [7, 11) is 0. The van der Waals surface area contributed by atoms with Crippen LogP contribution in [0.15, 0.2) is 23.3 Å². The van der Waals surface area contributed by atoms with Gasteiger partial charge in [0.1, 0.15) is 11.4 Å². The molecular weight excluding hydrogens is 336 g/mol. The molecule has 5 rings (SSSR count). The second-order valence-corrected chi connectivity index (χ2v) is 9.74. The van der Waals surface area contributed by atoms with Gasteiger partial charge in [0.05, 0.1) is 0 Å². The zero-order valence-electron chi connectivity index (χ0n) is 16.8. The van der Waals surface area contributed by atoms with E-state index >= 15 is 0 Å². The lowest BCUT2D eigenvalue weighted by atomic mass is 9.48. The third kappa shape index (κ3) is 2.26. The molecule has 1 heterocycles. The zero-order valence-corrected chi connectivity index (χ0v) is 16.8. The molecule has 0 bridgehead atoms. The number of rotatable bonds is 2. The van der Waals surface area contributed by atoms with Gasteiger partial charge >= 0.3 is 5.97 Å². The maximum absolute atomic E-state index is 12.1. The van der Waals surface area contributed by atoms with Gasteiger partial charge in [-0.1, -0.05) is 31.4 Å². The van der Waals surface area contributed by atoms with Crippen LogP contribution in [0.25, 0.3) is 0 Å². The minimum atomic E-state index is -0.343. The lowest BCUT2D eigenvalue weighted by Gasteiger charge is -2.57. The van der Waals surface area contributed by atoms with Gasteiger partial charge in [0.15, 0.2) is 0 Å². The summed E-state index contributed by atoms with van der Waals surface area (Å²) in [5.41, 5.74) is 2.94. The number of carbonyl (C=O) groups is 2. The van der Waals surface area contributed by atoms with E-state index in [2.05, 4.69) is 19.9 Å². The fourth-order valence-corrected chi connectivity index (χ4v) is 8.12. The molecule has 4 aliphatic carbocycles. The topological polar surface area (TPSA) is 43.4 Å². The molecule has 0 radical (unpaired) electrons. The lowest BCUT2D eigenvalue weighted by molar-refractivity contribution is -0.164. The first kappa shape index (κ1) is 17.7. The molecule has 0 saturated heterocycles. The molecule has 146 valence electrons. The average Bonchev–Trinajstić information content (AvgIpc) is 3.21. The highest BCUT2D eigenvalue weighted by Crippen LogP contribution is 2.68. The number of esters is 1. The van der Waals surface area contributed by atoms with Crippen LogP contribution in [-0.4, -0.2) is 17.4 Å². The monoisotopic (exact) mass is 368 g/mol. The summed E-state index contributed by atoms with van der Waals surface area (Å²) < 4.78 is 6.04. The van der Waals surface area contributed by atoms with E-state index in [0.717, 1.165) is 44.9 Å². The largest absolute Gasteiger partial charge is 0.451 e. The summed E-state index contributed by atoms with van der Waals surface area (Å²) in [6.07, 6.45) is 14.3. The molecule has 27 heavy (non-hydrogen) atoms. The van der Waals surface area contributed by atoms with Crippen LogP contribution >= 0.6 is 0 Å². The highest BCUT2D eigenvalue weighted by molar-refractivity contribution is 5.85. The van der Waals surface area contributed by atoms with Crippen molar-refractivity contribution in [2.24, 2.45) is 29.1 Å². The Balaban J connectivity index is 1.55. The van der Waals surface area contributed by atoms with E-state index in [-0.39, 0.29) is 17.0 Å². The number of ketones is 1. The minimum Gasteiger partial charge on any atom is -0.451 e. The number of fused-ring (bicyclic) bond motifs is 5. The van der Waals surface area contributed by atoms with Crippen molar-refractivity contribution in [3.8, 4) is 0 Å². The summed E-state index contributed by atoms with van der Waals surface area (Å²) in [6, 6.07) is 0. The van der Waals surface area contributed by atoms with Gasteiger partial charge in [0.2, 0.25) is 0 Å². The van der Waals surface area contributed by atoms with E-state index in [1.165, 1.54) is 24.8 Å². The zero-order chi connectivity index (χ0) is 18.8. The van der Waals surface area contributed by atoms with Gasteiger partial charge in [0.25, 0.3) is 0 Å². The van der Waals surface area contributed by atoms with Crippen molar-refractivity contribution in [2.45, 2.75) is 83.7 Å². The average molecular weight is 369 g/mol. The molecule has 0 aromatic rings. The fourth-order valence-electron chi connectivity index (χ4n) is 8.12. The van der Waals surface area contributed by atoms with Crippen molar-refractivity contribution in [3.63, 3.8) is 0 Å². The molecular formula is C24H32O3. The van der Waals surface area contributed by atoms with Gasteiger partial charge in [-0.15, -0.1) is 0 Å². The lowest BCUT2D eigenvalue weighted by Crippen LogP contribution is -2.54. The van der Waals surface area contributed by atoms with Crippen molar-refractivity contribution in [1.29, 1.82) is 0 Å². The van der Waals surface area contributed by atoms with Crippen molar-refractivity contribution < 1.29 is 14.3 Å². The number of hydrogen-bond donors (Lipinski definition) is 0. The second-order valence-electron chi connectivity index (χ2n) is 9.74. The van der Waals surface area contributed by atoms with Crippen LogP contribution in [0, 0.1) is 29.1 Å². The predicted molar refractivity (Wildman–Crippen MR) is 104 cm³/mol. The molecule has 1 spiro atoms. The van der Waals surface area contributed by atoms with Crippen molar-refractivity contribution >= 4 is 11.8 Å². The van der Waals surface area contributed by atoms with E-state index in [1.807, 2.05) is 0 Å². The highest BCUT2D eigenvalue weighted by atomic mass is 16.6. The molecule has 2 fully saturated rings. The first-order valence-corrected chi connectivity index (χ1v) is 11.2. The number of Topliss-reactive ketones (excluding diaryl/α,β-unsaturated/α-hetero) is 1. The van der Waals surface area contributed by atoms with E-state index < -0.39 is 0 Å². The second kappa shape index (κ2) is 6.06. The Bertz CT molecular complexity index is 747. The molecule has 5 aliphatic rings. The number of allylic oxidation sites excluding steroid dienone is 2. The Kier molecular flexibility index (Phi) is 3.97. The molecule has 0 aromatic carbocycles. The van der Waals surface area contributed by atoms with Crippen LogP contribution < -0.4 is 0 Å². The summed E-state index contributed by atoms with van der Waals surface area (Å²) in [6.45, 7) is 4.65. The third-order valence-electron chi connectivity index (χ3n) is 9.17. The maximum Gasteiger partial charge on any atom is 0.331 e. The quantitative estimate of drug-likeness (QED) is 0.500. The van der Waals surface area contributed by atoms with Gasteiger partial charge in [-0.2, -0.15) is 0 Å². The summed E-state index contributed by atoms with van der Waals surface area (Å²) in [5.74, 6) is 3.02. The van der Waals surface area contributed by atoms with Crippen molar-refractivity contribution in [2.75, 3.05) is 0 Å². The van der Waals surface area contributed by atoms with Crippen LogP contribution in [0.1, 0.15) is 78.1 Å². The van der Waals surface area contributed by atoms with E-state index in [9.17, 15) is 9.59 Å². The standard InChI is InChI=1S/C24H32O3/c1-3-15-13-16-14-17(25)5-6-18(16)19-7-10-23(4-2)20(22(15)19)8-11-24(23)12-9-21(26)27-24/h9,12,15,19-20,22H,3-8,10-11,13-14H2,1-2H3/t15?,19-,20+,22-,23+,24-/m1/s1. The van der Waals surface area contributed by atoms with E-state index in [0.29, 0.717) is 29.5 Å². The van der Waals surface area contributed by atoms with Gasteiger partial charge in [-0.3, -0.25) is 4.79 Å². The Morgan fingerprint density at radius 1 is 1.15 bits per heavy atom. The minimum absolute atomic E-state index is 0.118. The van der Waals surface area contributed by atoms with Gasteiger partial charge in [-0.25, -0.2) is 4.79 Å². The molecule has 1 unspecified atom stereocenters. The van der Waals surface area contributed by atoms with Crippen molar-refractivity contribution in [3.05, 3.63) is 23.3 Å². The third-order valence-corrected chi connectivity index (χ3v) is 9.17. The molecule has 6 atom stereocenters. The van der Waals surface area contributed by atoms with Crippen molar-refractivity contribution in [1.82, 2.24) is 0 Å². The first-order valence-electron chi connectivity index (χ1n) is 11.2. The molecule has 0 amide bonds.